The second-order valence-corrected chi connectivity index (χ2v) is 7.42. The molecule has 0 atom stereocenters. The summed E-state index contributed by atoms with van der Waals surface area (Å²) < 4.78 is 20.9. The van der Waals surface area contributed by atoms with Crippen molar-refractivity contribution in [2.75, 3.05) is 11.1 Å². The summed E-state index contributed by atoms with van der Waals surface area (Å²) in [5.74, 6) is 0.267. The summed E-state index contributed by atoms with van der Waals surface area (Å²) in [6, 6.07) is 10.9. The Morgan fingerprint density at radius 2 is 2.04 bits per heavy atom. The first-order valence-corrected chi connectivity index (χ1v) is 9.81. The molecule has 0 saturated heterocycles. The molecule has 3 aromatic rings. The Morgan fingerprint density at radius 3 is 2.79 bits per heavy atom. The quantitative estimate of drug-likeness (QED) is 0.544. The van der Waals surface area contributed by atoms with E-state index in [1.165, 1.54) is 23.9 Å². The summed E-state index contributed by atoms with van der Waals surface area (Å²) in [7, 11) is 1.76. The summed E-state index contributed by atoms with van der Waals surface area (Å²) in [4.78, 5) is 12.0. The van der Waals surface area contributed by atoms with Crippen LogP contribution in [0.25, 0.3) is 0 Å². The molecule has 1 N–H and O–H groups in total. The number of nitrogens with one attached hydrogen (secondary N) is 1. The number of para-hydroxylation sites is 1. The second-order valence-electron chi connectivity index (χ2n) is 5.64. The lowest BCUT2D eigenvalue weighted by molar-refractivity contribution is -0.113. The van der Waals surface area contributed by atoms with Crippen molar-refractivity contribution in [1.29, 1.82) is 0 Å². The first-order chi connectivity index (χ1) is 13.4. The van der Waals surface area contributed by atoms with Crippen LogP contribution >= 0.6 is 35.0 Å². The van der Waals surface area contributed by atoms with Crippen molar-refractivity contribution in [2.24, 2.45) is 7.05 Å². The normalized spacial score (nSPS) is 10.7. The Hall–Kier alpha value is -2.29. The van der Waals surface area contributed by atoms with E-state index in [0.29, 0.717) is 26.8 Å². The fraction of sp³-hybridized carbons (Fsp3) is 0.167. The molecule has 1 amide bonds. The highest BCUT2D eigenvalue weighted by atomic mass is 35.5. The Balaban J connectivity index is 1.55. The summed E-state index contributed by atoms with van der Waals surface area (Å²) in [6.45, 7) is 0.146. The average Bonchev–Trinajstić information content (AvgIpc) is 3.01. The zero-order chi connectivity index (χ0) is 20.1. The molecule has 0 unspecified atom stereocenters. The van der Waals surface area contributed by atoms with Crippen LogP contribution in [0.5, 0.6) is 5.75 Å². The van der Waals surface area contributed by atoms with Crippen LogP contribution in [0.1, 0.15) is 5.82 Å². The molecule has 0 saturated carbocycles. The number of aromatic nitrogens is 3. The zero-order valence-corrected chi connectivity index (χ0v) is 17.0. The van der Waals surface area contributed by atoms with Crippen LogP contribution in [-0.2, 0) is 18.4 Å². The van der Waals surface area contributed by atoms with Crippen LogP contribution < -0.4 is 10.1 Å². The van der Waals surface area contributed by atoms with Crippen molar-refractivity contribution in [3.05, 3.63) is 64.2 Å². The Bertz CT molecular complexity index is 999. The lowest BCUT2D eigenvalue weighted by Gasteiger charge is -2.08. The van der Waals surface area contributed by atoms with Gasteiger partial charge in [0.1, 0.15) is 18.2 Å². The van der Waals surface area contributed by atoms with E-state index >= 15 is 0 Å². The number of carbonyl (C=O) groups is 1. The van der Waals surface area contributed by atoms with Gasteiger partial charge in [0.15, 0.2) is 11.0 Å². The van der Waals surface area contributed by atoms with E-state index in [4.69, 9.17) is 27.9 Å². The van der Waals surface area contributed by atoms with E-state index < -0.39 is 5.82 Å². The fourth-order valence-electron chi connectivity index (χ4n) is 2.21. The van der Waals surface area contributed by atoms with Crippen LogP contribution in [0.15, 0.2) is 47.6 Å². The van der Waals surface area contributed by atoms with Crippen molar-refractivity contribution >= 4 is 46.6 Å². The number of anilines is 1. The minimum absolute atomic E-state index is 0.0597. The van der Waals surface area contributed by atoms with Crippen LogP contribution in [0, 0.1) is 5.82 Å². The molecule has 0 aliphatic heterocycles. The maximum absolute atomic E-state index is 13.6. The van der Waals surface area contributed by atoms with Crippen LogP contribution in [0.3, 0.4) is 0 Å². The molecule has 3 rings (SSSR count). The highest BCUT2D eigenvalue weighted by Gasteiger charge is 2.13. The standard InChI is InChI=1S/C18H15Cl2FN4O2S/c1-25-16(9-27-15-7-6-11(19)8-12(15)20)23-24-18(25)28-10-17(26)22-14-5-3-2-4-13(14)21/h2-8H,9-10H2,1H3,(H,22,26). The lowest BCUT2D eigenvalue weighted by Crippen LogP contribution is -2.15. The van der Waals surface area contributed by atoms with Crippen molar-refractivity contribution < 1.29 is 13.9 Å². The van der Waals surface area contributed by atoms with Gasteiger partial charge < -0.3 is 14.6 Å². The van der Waals surface area contributed by atoms with Gasteiger partial charge in [-0.2, -0.15) is 0 Å². The average molecular weight is 441 g/mol. The first kappa shape index (κ1) is 20.4. The van der Waals surface area contributed by atoms with Gasteiger partial charge in [-0.3, -0.25) is 4.79 Å². The van der Waals surface area contributed by atoms with Crippen LogP contribution in [0.4, 0.5) is 10.1 Å². The molecule has 0 bridgehead atoms. The molecular formula is C18H15Cl2FN4O2S. The molecule has 0 radical (unpaired) electrons. The van der Waals surface area contributed by atoms with Gasteiger partial charge in [-0.1, -0.05) is 47.1 Å². The van der Waals surface area contributed by atoms with E-state index in [0.717, 1.165) is 0 Å². The van der Waals surface area contributed by atoms with Crippen LogP contribution in [0.2, 0.25) is 10.0 Å². The third-order valence-electron chi connectivity index (χ3n) is 3.66. The number of nitrogens with zero attached hydrogens (tertiary/aromatic N) is 3. The van der Waals surface area contributed by atoms with E-state index in [-0.39, 0.29) is 24.0 Å². The van der Waals surface area contributed by atoms with Crippen molar-refractivity contribution in [2.45, 2.75) is 11.8 Å². The maximum atomic E-state index is 13.6. The topological polar surface area (TPSA) is 69.0 Å². The number of rotatable bonds is 7. The van der Waals surface area contributed by atoms with Gasteiger partial charge in [-0.15, -0.1) is 10.2 Å². The molecule has 2 aromatic carbocycles. The van der Waals surface area contributed by atoms with Gasteiger partial charge in [-0.25, -0.2) is 4.39 Å². The number of amides is 1. The smallest absolute Gasteiger partial charge is 0.234 e. The maximum Gasteiger partial charge on any atom is 0.234 e. The number of ether oxygens (including phenoxy) is 1. The predicted octanol–water partition coefficient (Wildman–Crippen LogP) is 4.57. The molecule has 1 heterocycles. The highest BCUT2D eigenvalue weighted by Crippen LogP contribution is 2.28. The molecule has 0 aliphatic carbocycles. The van der Waals surface area contributed by atoms with Gasteiger partial charge in [0.2, 0.25) is 5.91 Å². The zero-order valence-electron chi connectivity index (χ0n) is 14.7. The molecule has 0 aliphatic rings. The Labute approximate surface area is 175 Å². The summed E-state index contributed by atoms with van der Waals surface area (Å²) in [5, 5.41) is 12.1. The summed E-state index contributed by atoms with van der Waals surface area (Å²) in [5.41, 5.74) is 0.139. The SMILES string of the molecule is Cn1c(COc2ccc(Cl)cc2Cl)nnc1SCC(=O)Nc1ccccc1F. The van der Waals surface area contributed by atoms with Crippen molar-refractivity contribution in [3.8, 4) is 5.75 Å². The number of hydrogen-bond acceptors (Lipinski definition) is 5. The molecular weight excluding hydrogens is 426 g/mol. The molecule has 1 aromatic heterocycles. The summed E-state index contributed by atoms with van der Waals surface area (Å²) >= 11 is 13.1. The van der Waals surface area contributed by atoms with E-state index in [1.807, 2.05) is 0 Å². The first-order valence-electron chi connectivity index (χ1n) is 8.07. The lowest BCUT2D eigenvalue weighted by atomic mass is 10.3. The number of hydrogen-bond donors (Lipinski definition) is 1. The largest absolute Gasteiger partial charge is 0.484 e. The molecule has 0 fully saturated rings. The van der Waals surface area contributed by atoms with Gasteiger partial charge in [0, 0.05) is 12.1 Å². The minimum atomic E-state index is -0.486. The highest BCUT2D eigenvalue weighted by molar-refractivity contribution is 7.99. The number of halogens is 3. The van der Waals surface area contributed by atoms with Gasteiger partial charge >= 0.3 is 0 Å². The molecule has 6 nitrogen and oxygen atoms in total. The van der Waals surface area contributed by atoms with Gasteiger partial charge in [0.25, 0.3) is 0 Å². The molecule has 28 heavy (non-hydrogen) atoms. The van der Waals surface area contributed by atoms with Crippen molar-refractivity contribution in [1.82, 2.24) is 14.8 Å². The van der Waals surface area contributed by atoms with E-state index in [1.54, 1.807) is 41.9 Å². The van der Waals surface area contributed by atoms with Crippen molar-refractivity contribution in [3.63, 3.8) is 0 Å². The third-order valence-corrected chi connectivity index (χ3v) is 5.21. The number of carbonyl (C=O) groups excluding carboxylic acids is 1. The van der Waals surface area contributed by atoms with Crippen LogP contribution in [-0.4, -0.2) is 26.4 Å². The van der Waals surface area contributed by atoms with E-state index in [2.05, 4.69) is 15.5 Å². The summed E-state index contributed by atoms with van der Waals surface area (Å²) in [6.07, 6.45) is 0. The van der Waals surface area contributed by atoms with E-state index in [9.17, 15) is 9.18 Å². The van der Waals surface area contributed by atoms with Gasteiger partial charge in [-0.05, 0) is 30.3 Å². The number of benzene rings is 2. The Kier molecular flexibility index (Phi) is 6.77. The minimum Gasteiger partial charge on any atom is -0.484 e. The van der Waals surface area contributed by atoms with Gasteiger partial charge in [0.05, 0.1) is 16.5 Å². The molecule has 146 valence electrons. The molecule has 0 spiro atoms. The monoisotopic (exact) mass is 440 g/mol. The Morgan fingerprint density at radius 1 is 1.25 bits per heavy atom. The fourth-order valence-corrected chi connectivity index (χ4v) is 3.40. The number of thioether (sulfide) groups is 1. The molecule has 10 heteroatoms. The third kappa shape index (κ3) is 5.15. The second kappa shape index (κ2) is 9.27. The predicted molar refractivity (Wildman–Crippen MR) is 108 cm³/mol.